The molecule has 0 spiro atoms. The fraction of sp³-hybridized carbons (Fsp3) is 0.231. The molecule has 6 rings (SSSR count). The summed E-state index contributed by atoms with van der Waals surface area (Å²) in [5, 5.41) is 52.8. The predicted octanol–water partition coefficient (Wildman–Crippen LogP) is 8.74. The zero-order valence-corrected chi connectivity index (χ0v) is 38.6. The van der Waals surface area contributed by atoms with Crippen LogP contribution >= 0.6 is 0 Å². The number of hydrogen-bond acceptors (Lipinski definition) is 16. The van der Waals surface area contributed by atoms with Crippen LogP contribution in [0.1, 0.15) is 75.0 Å². The smallest absolute Gasteiger partial charge is 0.338 e. The van der Waals surface area contributed by atoms with Crippen LogP contribution in [0, 0.1) is 0 Å². The van der Waals surface area contributed by atoms with E-state index >= 15 is 0 Å². The van der Waals surface area contributed by atoms with Gasteiger partial charge in [0, 0.05) is 0 Å². The number of aromatic hydroxyl groups is 4. The lowest BCUT2D eigenvalue weighted by Crippen LogP contribution is -2.08. The van der Waals surface area contributed by atoms with E-state index in [0.29, 0.717) is 47.8 Å². The van der Waals surface area contributed by atoms with E-state index < -0.39 is 18.2 Å². The molecule has 0 saturated carbocycles. The average molecular weight is 941 g/mol. The number of carbonyl (C=O) groups excluding carboxylic acids is 4. The number of ether oxygens (including phenoxy) is 6. The fourth-order valence-electron chi connectivity index (χ4n) is 4.56. The largest absolute Gasteiger partial charge is 0.508 e. The number of phenols is 4. The van der Waals surface area contributed by atoms with Crippen LogP contribution in [0.25, 0.3) is 0 Å². The monoisotopic (exact) mass is 940 g/mol. The molecule has 68 heavy (non-hydrogen) atoms. The quantitative estimate of drug-likeness (QED) is 0.0360. The molecule has 0 fully saturated rings. The maximum Gasteiger partial charge on any atom is 0.338 e. The molecule has 364 valence electrons. The second kappa shape index (κ2) is 35.2. The number of phenolic OH excluding ortho intramolecular Hbond substituents is 4. The summed E-state index contributed by atoms with van der Waals surface area (Å²) in [6.45, 7) is 6.74. The standard InChI is InChI=1S/2C10H12O3.2C8H8O3.2C8H10O2/c2*1-2-7-13-10(12)8-3-5-9(11)6-4-8;2*1-11-8(10)6-2-4-7(9)5-3-6;1-7(9)10-8-5-3-2-4-6-8;9-6-7-10-8-4-2-1-3-5-8/h2*3-6,11H,2,7H2,1H3;2*2-5,9H,1H3;2-7,9H,1H3;1-5,9H,6-7H2. The lowest BCUT2D eigenvalue weighted by molar-refractivity contribution is -0.000332. The second-order valence-electron chi connectivity index (χ2n) is 13.4. The van der Waals surface area contributed by atoms with Crippen molar-refractivity contribution in [1.82, 2.24) is 0 Å². The fourth-order valence-corrected chi connectivity index (χ4v) is 4.56. The van der Waals surface area contributed by atoms with E-state index in [1.54, 1.807) is 19.1 Å². The van der Waals surface area contributed by atoms with Crippen molar-refractivity contribution < 1.29 is 78.2 Å². The minimum Gasteiger partial charge on any atom is -0.508 e. The first-order valence-electron chi connectivity index (χ1n) is 21.0. The molecule has 1 atom stereocenters. The highest BCUT2D eigenvalue weighted by molar-refractivity contribution is 5.90. The van der Waals surface area contributed by atoms with Gasteiger partial charge in [0.05, 0.1) is 56.3 Å². The first kappa shape index (κ1) is 57.9. The molecule has 1 unspecified atom stereocenters. The Balaban J connectivity index is 0.000000409. The van der Waals surface area contributed by atoms with Crippen LogP contribution in [0.2, 0.25) is 0 Å². The highest BCUT2D eigenvalue weighted by atomic mass is 16.6. The average Bonchev–Trinajstić information content (AvgIpc) is 3.36. The number of para-hydroxylation sites is 2. The van der Waals surface area contributed by atoms with Gasteiger partial charge in [0.1, 0.15) is 41.1 Å². The predicted molar refractivity (Wildman–Crippen MR) is 254 cm³/mol. The van der Waals surface area contributed by atoms with Crippen LogP contribution in [-0.4, -0.2) is 101 Å². The molecule has 0 amide bonds. The van der Waals surface area contributed by atoms with Crippen molar-refractivity contribution in [1.29, 1.82) is 0 Å². The third-order valence-corrected chi connectivity index (χ3v) is 7.81. The Morgan fingerprint density at radius 1 is 0.441 bits per heavy atom. The summed E-state index contributed by atoms with van der Waals surface area (Å²) in [5.41, 5.74) is 1.80. The maximum absolute atomic E-state index is 11.2. The number of carbonyl (C=O) groups is 4. The van der Waals surface area contributed by atoms with E-state index in [4.69, 9.17) is 49.6 Å². The maximum atomic E-state index is 11.2. The van der Waals surface area contributed by atoms with Gasteiger partial charge in [-0.05, 0) is 141 Å². The Morgan fingerprint density at radius 3 is 1.00 bits per heavy atom. The van der Waals surface area contributed by atoms with Gasteiger partial charge in [-0.15, -0.1) is 0 Å². The van der Waals surface area contributed by atoms with Crippen molar-refractivity contribution in [3.63, 3.8) is 0 Å². The van der Waals surface area contributed by atoms with Gasteiger partial charge >= 0.3 is 23.9 Å². The molecule has 16 heteroatoms. The molecular weight excluding hydrogens is 881 g/mol. The van der Waals surface area contributed by atoms with Crippen LogP contribution < -0.4 is 9.47 Å². The van der Waals surface area contributed by atoms with E-state index in [0.717, 1.165) is 18.6 Å². The van der Waals surface area contributed by atoms with Gasteiger partial charge in [0.25, 0.3) is 0 Å². The Labute approximate surface area is 396 Å². The molecule has 0 saturated heterocycles. The van der Waals surface area contributed by atoms with Crippen LogP contribution in [0.5, 0.6) is 34.5 Å². The summed E-state index contributed by atoms with van der Waals surface area (Å²) < 4.78 is 28.8. The van der Waals surface area contributed by atoms with E-state index in [2.05, 4.69) is 9.47 Å². The Hall–Kier alpha value is -8.08. The summed E-state index contributed by atoms with van der Waals surface area (Å²) in [7, 11) is 2.63. The van der Waals surface area contributed by atoms with Crippen molar-refractivity contribution in [2.75, 3.05) is 40.6 Å². The first-order valence-corrected chi connectivity index (χ1v) is 21.0. The normalized spacial score (nSPS) is 9.87. The highest BCUT2D eigenvalue weighted by Gasteiger charge is 2.07. The second-order valence-corrected chi connectivity index (χ2v) is 13.4. The summed E-state index contributed by atoms with van der Waals surface area (Å²) in [4.78, 5) is 44.1. The van der Waals surface area contributed by atoms with Gasteiger partial charge in [-0.2, -0.15) is 0 Å². The number of benzene rings is 6. The molecule has 0 heterocycles. The highest BCUT2D eigenvalue weighted by Crippen LogP contribution is 2.14. The van der Waals surface area contributed by atoms with Crippen LogP contribution in [-0.2, 0) is 18.9 Å². The number of aliphatic hydroxyl groups excluding tert-OH is 2. The van der Waals surface area contributed by atoms with E-state index in [1.807, 2.05) is 62.4 Å². The summed E-state index contributed by atoms with van der Waals surface area (Å²) in [5.74, 6) is 0.571. The molecule has 6 aromatic rings. The van der Waals surface area contributed by atoms with Crippen LogP contribution in [0.15, 0.2) is 158 Å². The number of esters is 4. The molecule has 0 radical (unpaired) electrons. The molecule has 6 N–H and O–H groups in total. The van der Waals surface area contributed by atoms with Crippen molar-refractivity contribution in [2.24, 2.45) is 0 Å². The number of rotatable bonds is 13. The first-order chi connectivity index (χ1) is 32.7. The van der Waals surface area contributed by atoms with E-state index in [-0.39, 0.29) is 41.5 Å². The van der Waals surface area contributed by atoms with Gasteiger partial charge in [0.15, 0.2) is 6.29 Å². The Kier molecular flexibility index (Phi) is 30.0. The topological polar surface area (TPSA) is 245 Å². The van der Waals surface area contributed by atoms with Gasteiger partial charge in [0.2, 0.25) is 0 Å². The third-order valence-electron chi connectivity index (χ3n) is 7.81. The SMILES string of the molecule is CC(O)Oc1ccccc1.CCCOC(=O)c1ccc(O)cc1.CCCOC(=O)c1ccc(O)cc1.COC(=O)c1ccc(O)cc1.COC(=O)c1ccc(O)cc1.OCCOc1ccccc1. The number of methoxy groups -OCH3 is 2. The molecular formula is C52H60O16. The molecule has 0 aliphatic carbocycles. The summed E-state index contributed by atoms with van der Waals surface area (Å²) in [6, 6.07) is 42.4. The minimum absolute atomic E-state index is 0.0644. The Bertz CT molecular complexity index is 2130. The lowest BCUT2D eigenvalue weighted by Gasteiger charge is -2.06. The van der Waals surface area contributed by atoms with Gasteiger partial charge in [-0.3, -0.25) is 0 Å². The van der Waals surface area contributed by atoms with Gasteiger partial charge in [-0.1, -0.05) is 50.2 Å². The third kappa shape index (κ3) is 26.6. The van der Waals surface area contributed by atoms with Crippen molar-refractivity contribution in [2.45, 2.75) is 39.9 Å². The summed E-state index contributed by atoms with van der Waals surface area (Å²) >= 11 is 0. The number of hydrogen-bond donors (Lipinski definition) is 6. The van der Waals surface area contributed by atoms with Crippen molar-refractivity contribution in [3.05, 3.63) is 180 Å². The van der Waals surface area contributed by atoms with Crippen molar-refractivity contribution >= 4 is 23.9 Å². The molecule has 0 aliphatic rings. The lowest BCUT2D eigenvalue weighted by atomic mass is 10.2. The molecule has 0 aliphatic heterocycles. The van der Waals surface area contributed by atoms with Gasteiger partial charge < -0.3 is 59.1 Å². The Morgan fingerprint density at radius 2 is 0.735 bits per heavy atom. The zero-order valence-electron chi connectivity index (χ0n) is 38.6. The van der Waals surface area contributed by atoms with Gasteiger partial charge in [-0.25, -0.2) is 19.2 Å². The van der Waals surface area contributed by atoms with Crippen LogP contribution in [0.4, 0.5) is 0 Å². The van der Waals surface area contributed by atoms with Crippen molar-refractivity contribution in [3.8, 4) is 34.5 Å². The van der Waals surface area contributed by atoms with E-state index in [9.17, 15) is 19.2 Å². The molecule has 16 nitrogen and oxygen atoms in total. The molecule has 6 aromatic carbocycles. The number of aliphatic hydroxyl groups is 2. The molecule has 0 aromatic heterocycles. The zero-order chi connectivity index (χ0) is 50.5. The summed E-state index contributed by atoms with van der Waals surface area (Å²) in [6.07, 6.45) is 0.885. The van der Waals surface area contributed by atoms with Crippen LogP contribution in [0.3, 0.4) is 0 Å². The van der Waals surface area contributed by atoms with E-state index in [1.165, 1.54) is 111 Å². The molecule has 0 bridgehead atoms. The minimum atomic E-state index is -0.734.